The Kier molecular flexibility index (Phi) is 6.11. The number of anilines is 1. The van der Waals surface area contributed by atoms with Gasteiger partial charge in [0.1, 0.15) is 5.75 Å². The molecule has 0 unspecified atom stereocenters. The Morgan fingerprint density at radius 2 is 1.77 bits per heavy atom. The Morgan fingerprint density at radius 1 is 1.12 bits per heavy atom. The summed E-state index contributed by atoms with van der Waals surface area (Å²) in [4.78, 5) is 34.8. The number of Topliss-reactive ketones (excluding diaryl/α,β-unsaturated/α-hetero) is 1. The van der Waals surface area contributed by atoms with E-state index < -0.39 is 18.5 Å². The lowest BCUT2D eigenvalue weighted by molar-refractivity contribution is -0.149. The molecule has 0 saturated carbocycles. The van der Waals surface area contributed by atoms with E-state index in [1.807, 2.05) is 6.92 Å². The highest BCUT2D eigenvalue weighted by atomic mass is 16.6. The van der Waals surface area contributed by atoms with E-state index in [9.17, 15) is 14.4 Å². The first-order valence-corrected chi connectivity index (χ1v) is 7.97. The van der Waals surface area contributed by atoms with Gasteiger partial charge in [-0.3, -0.25) is 14.3 Å². The Morgan fingerprint density at radius 3 is 2.31 bits per heavy atom. The van der Waals surface area contributed by atoms with E-state index in [2.05, 4.69) is 10.4 Å². The van der Waals surface area contributed by atoms with E-state index in [1.54, 1.807) is 42.9 Å². The quantitative estimate of drug-likeness (QED) is 0.598. The molecule has 0 fully saturated rings. The summed E-state index contributed by atoms with van der Waals surface area (Å²) in [5.41, 5.74) is 2.65. The van der Waals surface area contributed by atoms with Crippen LogP contribution >= 0.6 is 0 Å². The van der Waals surface area contributed by atoms with E-state index in [0.29, 0.717) is 22.7 Å². The maximum Gasteiger partial charge on any atom is 0.344 e. The lowest BCUT2D eigenvalue weighted by atomic mass is 10.1. The summed E-state index contributed by atoms with van der Waals surface area (Å²) in [5.74, 6) is -0.752. The highest BCUT2D eigenvalue weighted by Gasteiger charge is 2.14. The van der Waals surface area contributed by atoms with E-state index in [-0.39, 0.29) is 12.4 Å². The number of ketones is 1. The third kappa shape index (κ3) is 4.92. The number of aryl methyl sites for hydroxylation is 2. The van der Waals surface area contributed by atoms with Crippen molar-refractivity contribution in [3.05, 3.63) is 41.2 Å². The molecule has 1 aromatic heterocycles. The van der Waals surface area contributed by atoms with Gasteiger partial charge in [-0.05, 0) is 45.0 Å². The van der Waals surface area contributed by atoms with Crippen LogP contribution in [0.15, 0.2) is 24.3 Å². The number of carbonyl (C=O) groups excluding carboxylic acids is 3. The van der Waals surface area contributed by atoms with E-state index in [1.165, 1.54) is 6.92 Å². The second-order valence-corrected chi connectivity index (χ2v) is 5.75. The first-order chi connectivity index (χ1) is 12.3. The molecule has 0 aliphatic carbocycles. The van der Waals surface area contributed by atoms with Crippen LogP contribution in [0.2, 0.25) is 0 Å². The summed E-state index contributed by atoms with van der Waals surface area (Å²) in [6.07, 6.45) is 0. The minimum absolute atomic E-state index is 0.0546. The number of nitrogens with one attached hydrogen (secondary N) is 1. The van der Waals surface area contributed by atoms with E-state index in [0.717, 1.165) is 5.69 Å². The predicted molar refractivity (Wildman–Crippen MR) is 94.2 cm³/mol. The third-order valence-corrected chi connectivity index (χ3v) is 3.76. The number of hydrogen-bond donors (Lipinski definition) is 1. The van der Waals surface area contributed by atoms with Gasteiger partial charge in [0, 0.05) is 12.6 Å². The fourth-order valence-corrected chi connectivity index (χ4v) is 2.25. The molecule has 1 amide bonds. The number of benzene rings is 1. The maximum atomic E-state index is 11.9. The van der Waals surface area contributed by atoms with Gasteiger partial charge in [-0.1, -0.05) is 0 Å². The fourth-order valence-electron chi connectivity index (χ4n) is 2.25. The van der Waals surface area contributed by atoms with Gasteiger partial charge in [0.2, 0.25) is 0 Å². The summed E-state index contributed by atoms with van der Waals surface area (Å²) in [5, 5.41) is 6.87. The molecule has 1 heterocycles. The standard InChI is InChI=1S/C18H21N3O5/c1-11-18(12(2)21(4)20-11)19-16(23)9-26-17(24)10-25-15-7-5-14(6-8-15)13(3)22/h5-8H,9-10H2,1-4H3,(H,19,23). The number of ether oxygens (including phenoxy) is 2. The largest absolute Gasteiger partial charge is 0.482 e. The molecule has 1 aromatic carbocycles. The van der Waals surface area contributed by atoms with Crippen LogP contribution in [-0.2, 0) is 21.4 Å². The fraction of sp³-hybridized carbons (Fsp3) is 0.333. The molecule has 0 atom stereocenters. The number of aromatic nitrogens is 2. The van der Waals surface area contributed by atoms with Crippen LogP contribution in [0, 0.1) is 13.8 Å². The average molecular weight is 359 g/mol. The Hall–Kier alpha value is -3.16. The normalized spacial score (nSPS) is 10.3. The molecule has 0 saturated heterocycles. The van der Waals surface area contributed by atoms with Gasteiger partial charge in [-0.2, -0.15) is 5.10 Å². The zero-order valence-corrected chi connectivity index (χ0v) is 15.2. The minimum atomic E-state index is -0.671. The van der Waals surface area contributed by atoms with Crippen molar-refractivity contribution in [1.82, 2.24) is 9.78 Å². The smallest absolute Gasteiger partial charge is 0.344 e. The molecular formula is C18H21N3O5. The van der Waals surface area contributed by atoms with Crippen molar-refractivity contribution in [2.45, 2.75) is 20.8 Å². The number of esters is 1. The molecule has 0 bridgehead atoms. The van der Waals surface area contributed by atoms with Crippen molar-refractivity contribution in [2.75, 3.05) is 18.5 Å². The molecule has 2 rings (SSSR count). The lowest BCUT2D eigenvalue weighted by Gasteiger charge is -2.08. The third-order valence-electron chi connectivity index (χ3n) is 3.76. The van der Waals surface area contributed by atoms with Crippen molar-refractivity contribution in [3.63, 3.8) is 0 Å². The number of nitrogens with zero attached hydrogens (tertiary/aromatic N) is 2. The van der Waals surface area contributed by atoms with Gasteiger partial charge < -0.3 is 14.8 Å². The van der Waals surface area contributed by atoms with Crippen LogP contribution in [0.4, 0.5) is 5.69 Å². The molecule has 1 N–H and O–H groups in total. The molecule has 0 aliphatic heterocycles. The second kappa shape index (κ2) is 8.28. The number of carbonyl (C=O) groups is 3. The summed E-state index contributed by atoms with van der Waals surface area (Å²) >= 11 is 0. The average Bonchev–Trinajstić information content (AvgIpc) is 2.84. The van der Waals surface area contributed by atoms with Crippen molar-refractivity contribution >= 4 is 23.3 Å². The van der Waals surface area contributed by atoms with Gasteiger partial charge >= 0.3 is 5.97 Å². The summed E-state index contributed by atoms with van der Waals surface area (Å²) in [6, 6.07) is 6.39. The molecule has 0 spiro atoms. The topological polar surface area (TPSA) is 99.5 Å². The van der Waals surface area contributed by atoms with Gasteiger partial charge in [0.25, 0.3) is 5.91 Å². The zero-order chi connectivity index (χ0) is 19.3. The van der Waals surface area contributed by atoms with Crippen LogP contribution in [0.3, 0.4) is 0 Å². The highest BCUT2D eigenvalue weighted by molar-refractivity contribution is 5.94. The van der Waals surface area contributed by atoms with Gasteiger partial charge in [-0.15, -0.1) is 0 Å². The van der Waals surface area contributed by atoms with Crippen LogP contribution < -0.4 is 10.1 Å². The summed E-state index contributed by atoms with van der Waals surface area (Å²) < 4.78 is 11.8. The van der Waals surface area contributed by atoms with Crippen molar-refractivity contribution in [1.29, 1.82) is 0 Å². The zero-order valence-electron chi connectivity index (χ0n) is 15.2. The highest BCUT2D eigenvalue weighted by Crippen LogP contribution is 2.18. The number of hydrogen-bond acceptors (Lipinski definition) is 6. The number of amides is 1. The van der Waals surface area contributed by atoms with Crippen LogP contribution in [0.25, 0.3) is 0 Å². The maximum absolute atomic E-state index is 11.9. The Balaban J connectivity index is 1.77. The summed E-state index contributed by atoms with van der Waals surface area (Å²) in [6.45, 7) is 4.32. The van der Waals surface area contributed by atoms with Crippen LogP contribution in [0.1, 0.15) is 28.7 Å². The second-order valence-electron chi connectivity index (χ2n) is 5.75. The van der Waals surface area contributed by atoms with Crippen molar-refractivity contribution in [2.24, 2.45) is 7.05 Å². The molecule has 8 heteroatoms. The lowest BCUT2D eigenvalue weighted by Crippen LogP contribution is -2.24. The monoisotopic (exact) mass is 359 g/mol. The predicted octanol–water partition coefficient (Wildman–Crippen LogP) is 1.80. The molecule has 8 nitrogen and oxygen atoms in total. The molecule has 0 aliphatic rings. The Labute approximate surface area is 151 Å². The van der Waals surface area contributed by atoms with Gasteiger partial charge in [-0.25, -0.2) is 4.79 Å². The first kappa shape index (κ1) is 19.2. The first-order valence-electron chi connectivity index (χ1n) is 7.97. The number of rotatable bonds is 7. The van der Waals surface area contributed by atoms with Crippen molar-refractivity contribution < 1.29 is 23.9 Å². The minimum Gasteiger partial charge on any atom is -0.482 e. The van der Waals surface area contributed by atoms with Gasteiger partial charge in [0.15, 0.2) is 19.0 Å². The van der Waals surface area contributed by atoms with E-state index >= 15 is 0 Å². The van der Waals surface area contributed by atoms with Crippen LogP contribution in [-0.4, -0.2) is 40.7 Å². The molecule has 2 aromatic rings. The SMILES string of the molecule is CC(=O)c1ccc(OCC(=O)OCC(=O)Nc2c(C)nn(C)c2C)cc1. The van der Waals surface area contributed by atoms with Crippen LogP contribution in [0.5, 0.6) is 5.75 Å². The molecule has 26 heavy (non-hydrogen) atoms. The summed E-state index contributed by atoms with van der Waals surface area (Å²) in [7, 11) is 1.78. The molecule has 0 radical (unpaired) electrons. The van der Waals surface area contributed by atoms with E-state index in [4.69, 9.17) is 9.47 Å². The van der Waals surface area contributed by atoms with Crippen molar-refractivity contribution in [3.8, 4) is 5.75 Å². The molecular weight excluding hydrogens is 338 g/mol. The Bertz CT molecular complexity index is 824. The molecule has 138 valence electrons. The van der Waals surface area contributed by atoms with Gasteiger partial charge in [0.05, 0.1) is 17.1 Å².